The molecule has 6 atom stereocenters. The molecule has 36 heavy (non-hydrogen) atoms. The number of aromatic nitrogens is 3. The van der Waals surface area contributed by atoms with Gasteiger partial charge in [0.05, 0.1) is 23.7 Å². The van der Waals surface area contributed by atoms with Gasteiger partial charge in [-0.1, -0.05) is 23.7 Å². The number of aliphatic hydroxyl groups is 2. The maximum absolute atomic E-state index is 13.5. The van der Waals surface area contributed by atoms with Crippen LogP contribution in [-0.4, -0.2) is 54.8 Å². The number of hydrogen-bond donors (Lipinski definition) is 3. The quantitative estimate of drug-likeness (QED) is 0.409. The third kappa shape index (κ3) is 4.66. The normalized spacial score (nSPS) is 34.3. The van der Waals surface area contributed by atoms with Crippen LogP contribution >= 0.6 is 19.4 Å². The molecule has 13 heteroatoms. The Kier molecular flexibility index (Phi) is 6.42. The molecule has 0 saturated carbocycles. The first kappa shape index (κ1) is 25.6. The Morgan fingerprint density at radius 2 is 2.08 bits per heavy atom. The van der Waals surface area contributed by atoms with Crippen LogP contribution in [-0.2, 0) is 22.9 Å². The second-order valence-electron chi connectivity index (χ2n) is 9.86. The maximum atomic E-state index is 13.5. The molecule has 2 fully saturated rings. The van der Waals surface area contributed by atoms with Gasteiger partial charge in [0.15, 0.2) is 6.23 Å². The zero-order valence-corrected chi connectivity index (χ0v) is 21.6. The Morgan fingerprint density at radius 1 is 1.31 bits per heavy atom. The zero-order valence-electron chi connectivity index (χ0n) is 19.9. The molecule has 0 bridgehead atoms. The fourth-order valence-electron chi connectivity index (χ4n) is 4.67. The van der Waals surface area contributed by atoms with E-state index in [2.05, 4.69) is 9.97 Å². The molecule has 0 unspecified atom stereocenters. The Bertz CT molecular complexity index is 1330. The van der Waals surface area contributed by atoms with Gasteiger partial charge in [-0.05, 0) is 44.5 Å². The summed E-state index contributed by atoms with van der Waals surface area (Å²) >= 11 is 6.13. The first-order valence-corrected chi connectivity index (χ1v) is 13.2. The van der Waals surface area contributed by atoms with E-state index >= 15 is 0 Å². The molecule has 0 spiro atoms. The van der Waals surface area contributed by atoms with Crippen molar-refractivity contribution in [2.45, 2.75) is 62.9 Å². The molecule has 0 aliphatic carbocycles. The number of nitrogens with two attached hydrogens (primary N) is 1. The number of benzene rings is 1. The smallest absolute Gasteiger partial charge is 0.387 e. The molecule has 5 rings (SSSR count). The van der Waals surface area contributed by atoms with E-state index in [1.54, 1.807) is 48.9 Å². The molecular weight excluding hydrogens is 511 g/mol. The van der Waals surface area contributed by atoms with Crippen molar-refractivity contribution in [3.8, 4) is 0 Å². The van der Waals surface area contributed by atoms with Crippen LogP contribution < -0.4 is 5.73 Å². The topological polar surface area (TPSA) is 151 Å². The standard InChI is InChI=1S/C23H28ClN4O7P/c1-22(2)10-16(13-5-4-6-14(24)9-13)34-36(31,35-22)32-11-17-18(29)23(3,30)21(33-17)28-8-7-15-19(25)26-12-27-20(15)28/h4-9,12,16-18,21,29-30H,10-11H2,1-3H3,(H2,25,26,27)/t16-,17+,18+,21+,23+,36+/m0/s1. The second kappa shape index (κ2) is 9.04. The lowest BCUT2D eigenvalue weighted by atomic mass is 9.96. The van der Waals surface area contributed by atoms with E-state index < -0.39 is 43.6 Å². The number of halogens is 1. The van der Waals surface area contributed by atoms with E-state index in [9.17, 15) is 14.8 Å². The lowest BCUT2D eigenvalue weighted by molar-refractivity contribution is -0.0964. The van der Waals surface area contributed by atoms with Gasteiger partial charge < -0.3 is 25.3 Å². The van der Waals surface area contributed by atoms with Gasteiger partial charge in [0.25, 0.3) is 0 Å². The molecule has 194 valence electrons. The van der Waals surface area contributed by atoms with Gasteiger partial charge in [-0.25, -0.2) is 14.5 Å². The van der Waals surface area contributed by atoms with Gasteiger partial charge in [-0.3, -0.25) is 13.6 Å². The van der Waals surface area contributed by atoms with Gasteiger partial charge in [-0.15, -0.1) is 0 Å². The predicted molar refractivity (Wildman–Crippen MR) is 131 cm³/mol. The number of anilines is 1. The van der Waals surface area contributed by atoms with Crippen LogP contribution in [0.3, 0.4) is 0 Å². The summed E-state index contributed by atoms with van der Waals surface area (Å²) in [5.74, 6) is 0.276. The van der Waals surface area contributed by atoms with Crippen LogP contribution in [0, 0.1) is 0 Å². The van der Waals surface area contributed by atoms with Gasteiger partial charge in [-0.2, -0.15) is 0 Å². The largest absolute Gasteiger partial charge is 0.476 e. The Hall–Kier alpha value is -2.08. The van der Waals surface area contributed by atoms with Gasteiger partial charge in [0.2, 0.25) is 0 Å². The minimum atomic E-state index is -4.08. The first-order chi connectivity index (χ1) is 16.9. The monoisotopic (exact) mass is 538 g/mol. The van der Waals surface area contributed by atoms with E-state index in [0.717, 1.165) is 5.56 Å². The van der Waals surface area contributed by atoms with Gasteiger partial charge in [0, 0.05) is 17.6 Å². The third-order valence-electron chi connectivity index (χ3n) is 6.46. The average molecular weight is 539 g/mol. The van der Waals surface area contributed by atoms with Gasteiger partial charge in [0.1, 0.15) is 35.6 Å². The maximum Gasteiger partial charge on any atom is 0.476 e. The van der Waals surface area contributed by atoms with E-state index in [4.69, 9.17) is 35.6 Å². The van der Waals surface area contributed by atoms with Crippen molar-refractivity contribution >= 4 is 36.3 Å². The lowest BCUT2D eigenvalue weighted by Gasteiger charge is -2.39. The predicted octanol–water partition coefficient (Wildman–Crippen LogP) is 3.76. The minimum Gasteiger partial charge on any atom is -0.387 e. The highest BCUT2D eigenvalue weighted by atomic mass is 35.5. The summed E-state index contributed by atoms with van der Waals surface area (Å²) in [5, 5.41) is 23.1. The molecule has 3 aromatic rings. The Morgan fingerprint density at radius 3 is 2.83 bits per heavy atom. The van der Waals surface area contributed by atoms with Crippen molar-refractivity contribution in [3.05, 3.63) is 53.4 Å². The van der Waals surface area contributed by atoms with E-state index in [1.807, 2.05) is 6.07 Å². The molecule has 4 N–H and O–H groups in total. The summed E-state index contributed by atoms with van der Waals surface area (Å²) in [6.45, 7) is 4.65. The van der Waals surface area contributed by atoms with Crippen molar-refractivity contribution < 1.29 is 33.1 Å². The van der Waals surface area contributed by atoms with Crippen molar-refractivity contribution in [1.82, 2.24) is 14.5 Å². The highest BCUT2D eigenvalue weighted by Crippen LogP contribution is 2.62. The number of nitrogen functional groups attached to an aromatic ring is 1. The number of hydrogen-bond acceptors (Lipinski definition) is 10. The molecule has 2 aliphatic heterocycles. The number of phosphoric ester groups is 1. The summed E-state index contributed by atoms with van der Waals surface area (Å²) in [4.78, 5) is 8.19. The third-order valence-corrected chi connectivity index (χ3v) is 8.39. The molecular formula is C23H28ClN4O7P. The Labute approximate surface area is 212 Å². The molecule has 11 nitrogen and oxygen atoms in total. The number of nitrogens with zero attached hydrogens (tertiary/aromatic N) is 3. The fourth-order valence-corrected chi connectivity index (χ4v) is 6.54. The first-order valence-electron chi connectivity index (χ1n) is 11.4. The molecule has 0 radical (unpaired) electrons. The highest BCUT2D eigenvalue weighted by Gasteiger charge is 2.54. The van der Waals surface area contributed by atoms with Crippen molar-refractivity contribution in [3.63, 3.8) is 0 Å². The van der Waals surface area contributed by atoms with Crippen LogP contribution in [0.4, 0.5) is 5.82 Å². The summed E-state index contributed by atoms with van der Waals surface area (Å²) in [5.41, 5.74) is 4.53. The summed E-state index contributed by atoms with van der Waals surface area (Å²) in [6.07, 6.45) is -0.681. The van der Waals surface area contributed by atoms with Crippen LogP contribution in [0.2, 0.25) is 5.02 Å². The molecule has 2 saturated heterocycles. The van der Waals surface area contributed by atoms with Crippen molar-refractivity contribution in [2.75, 3.05) is 12.3 Å². The molecule has 0 amide bonds. The second-order valence-corrected chi connectivity index (χ2v) is 11.8. The zero-order chi connectivity index (χ0) is 25.9. The highest BCUT2D eigenvalue weighted by molar-refractivity contribution is 7.48. The Balaban J connectivity index is 1.35. The van der Waals surface area contributed by atoms with Crippen molar-refractivity contribution in [1.29, 1.82) is 0 Å². The minimum absolute atomic E-state index is 0.276. The van der Waals surface area contributed by atoms with Crippen molar-refractivity contribution in [2.24, 2.45) is 0 Å². The number of ether oxygens (including phenoxy) is 1. The number of rotatable bonds is 5. The van der Waals surface area contributed by atoms with E-state index in [-0.39, 0.29) is 12.4 Å². The van der Waals surface area contributed by atoms with Crippen LogP contribution in [0.25, 0.3) is 11.0 Å². The van der Waals surface area contributed by atoms with Crippen LogP contribution in [0.5, 0.6) is 0 Å². The van der Waals surface area contributed by atoms with Crippen LogP contribution in [0.1, 0.15) is 45.1 Å². The summed E-state index contributed by atoms with van der Waals surface area (Å²) in [7, 11) is -4.08. The van der Waals surface area contributed by atoms with E-state index in [1.165, 1.54) is 13.3 Å². The average Bonchev–Trinajstić information content (AvgIpc) is 3.31. The number of aliphatic hydroxyl groups excluding tert-OH is 1. The SMILES string of the molecule is CC1(C)C[C@@H](c2cccc(Cl)c2)O[P@@](=O)(OC[C@H]2O[C@@H](n3ccc4c(N)ncnc43)[C@](C)(O)[C@@H]2O)O1. The van der Waals surface area contributed by atoms with Crippen LogP contribution in [0.15, 0.2) is 42.9 Å². The fraction of sp³-hybridized carbons (Fsp3) is 0.478. The summed E-state index contributed by atoms with van der Waals surface area (Å²) < 4.78 is 38.2. The molecule has 1 aromatic carbocycles. The molecule has 4 heterocycles. The number of fused-ring (bicyclic) bond motifs is 1. The lowest BCUT2D eigenvalue weighted by Crippen LogP contribution is -2.44. The molecule has 2 aliphatic rings. The van der Waals surface area contributed by atoms with E-state index in [0.29, 0.717) is 22.5 Å². The number of phosphoric acid groups is 1. The molecule has 2 aromatic heterocycles. The summed E-state index contributed by atoms with van der Waals surface area (Å²) in [6, 6.07) is 8.78. The van der Waals surface area contributed by atoms with Gasteiger partial charge >= 0.3 is 7.82 Å².